The van der Waals surface area contributed by atoms with Crippen molar-refractivity contribution in [1.29, 1.82) is 0 Å². The molecule has 1 aliphatic carbocycles. The maximum Gasteiger partial charge on any atom is 0.410 e. The molecule has 2 aliphatic rings. The van der Waals surface area contributed by atoms with Gasteiger partial charge in [0.2, 0.25) is 11.8 Å². The molecule has 2 fully saturated rings. The van der Waals surface area contributed by atoms with Gasteiger partial charge in [0.1, 0.15) is 5.60 Å². The Hall–Kier alpha value is -2.05. The van der Waals surface area contributed by atoms with E-state index >= 15 is 0 Å². The topological polar surface area (TPSA) is 76.6 Å². The second kappa shape index (κ2) is 6.45. The highest BCUT2D eigenvalue weighted by atomic mass is 16.6. The number of nitrogens with one attached hydrogen (secondary N) is 1. The summed E-state index contributed by atoms with van der Waals surface area (Å²) in [7, 11) is 1.64. The molecule has 1 N–H and O–H groups in total. The number of likely N-dealkylation sites (tertiary alicyclic amines) is 1. The Morgan fingerprint density at radius 1 is 1.33 bits per heavy atom. The molecule has 3 rings (SSSR count). The lowest BCUT2D eigenvalue weighted by molar-refractivity contribution is 0.0293. The molecule has 1 aromatic heterocycles. The Bertz CT molecular complexity index is 610. The van der Waals surface area contributed by atoms with Gasteiger partial charge >= 0.3 is 6.09 Å². The second-order valence-corrected chi connectivity index (χ2v) is 7.49. The number of carbonyl (C=O) groups excluding carboxylic acids is 1. The van der Waals surface area contributed by atoms with Gasteiger partial charge in [-0.05, 0) is 46.0 Å². The molecule has 24 heavy (non-hydrogen) atoms. The minimum absolute atomic E-state index is 0.119. The van der Waals surface area contributed by atoms with Crippen molar-refractivity contribution in [3.8, 4) is 5.88 Å². The van der Waals surface area contributed by atoms with Crippen molar-refractivity contribution >= 4 is 12.0 Å². The lowest BCUT2D eigenvalue weighted by atomic mass is 10.2. The number of ether oxygens (including phenoxy) is 2. The van der Waals surface area contributed by atoms with Crippen LogP contribution in [0.15, 0.2) is 6.20 Å². The van der Waals surface area contributed by atoms with Crippen LogP contribution in [0, 0.1) is 0 Å². The normalized spacial score (nSPS) is 20.8. The Labute approximate surface area is 142 Å². The van der Waals surface area contributed by atoms with Crippen LogP contribution in [0.3, 0.4) is 0 Å². The number of methoxy groups -OCH3 is 1. The van der Waals surface area contributed by atoms with E-state index < -0.39 is 5.60 Å². The van der Waals surface area contributed by atoms with E-state index in [4.69, 9.17) is 9.47 Å². The zero-order valence-corrected chi connectivity index (χ0v) is 14.8. The number of nitrogens with zero attached hydrogens (tertiary/aromatic N) is 3. The molecule has 1 saturated carbocycles. The van der Waals surface area contributed by atoms with Crippen molar-refractivity contribution in [2.75, 3.05) is 25.5 Å². The molecule has 0 aromatic carbocycles. The molecule has 1 unspecified atom stereocenters. The summed E-state index contributed by atoms with van der Waals surface area (Å²) in [5.74, 6) is 1.74. The molecule has 7 nitrogen and oxygen atoms in total. The molecule has 1 aliphatic heterocycles. The van der Waals surface area contributed by atoms with Gasteiger partial charge in [0.05, 0.1) is 7.11 Å². The lowest BCUT2D eigenvalue weighted by Gasteiger charge is -2.24. The maximum atomic E-state index is 12.1. The molecule has 2 heterocycles. The molecule has 132 valence electrons. The largest absolute Gasteiger partial charge is 0.481 e. The third-order valence-electron chi connectivity index (χ3n) is 4.16. The first-order valence-electron chi connectivity index (χ1n) is 8.51. The van der Waals surface area contributed by atoms with E-state index in [0.717, 1.165) is 12.0 Å². The molecule has 1 saturated heterocycles. The maximum absolute atomic E-state index is 12.1. The van der Waals surface area contributed by atoms with Gasteiger partial charge in [0.25, 0.3) is 0 Å². The van der Waals surface area contributed by atoms with Gasteiger partial charge in [-0.25, -0.2) is 9.78 Å². The molecule has 0 radical (unpaired) electrons. The van der Waals surface area contributed by atoms with Gasteiger partial charge in [-0.1, -0.05) is 0 Å². The number of hydrogen-bond acceptors (Lipinski definition) is 6. The summed E-state index contributed by atoms with van der Waals surface area (Å²) < 4.78 is 10.8. The van der Waals surface area contributed by atoms with Crippen LogP contribution < -0.4 is 10.1 Å². The lowest BCUT2D eigenvalue weighted by Crippen LogP contribution is -2.36. The zero-order chi connectivity index (χ0) is 17.3. The minimum Gasteiger partial charge on any atom is -0.481 e. The number of rotatable bonds is 4. The van der Waals surface area contributed by atoms with Crippen LogP contribution in [0.1, 0.15) is 51.5 Å². The number of anilines is 1. The number of aromatic nitrogens is 2. The first-order chi connectivity index (χ1) is 11.4. The predicted octanol–water partition coefficient (Wildman–Crippen LogP) is 2.78. The van der Waals surface area contributed by atoms with Crippen molar-refractivity contribution in [3.05, 3.63) is 11.8 Å². The number of amides is 1. The van der Waals surface area contributed by atoms with E-state index in [9.17, 15) is 4.79 Å². The molecule has 0 spiro atoms. The van der Waals surface area contributed by atoms with E-state index in [2.05, 4.69) is 15.3 Å². The van der Waals surface area contributed by atoms with Gasteiger partial charge < -0.3 is 19.7 Å². The molecule has 1 amide bonds. The highest BCUT2D eigenvalue weighted by Gasteiger charge is 2.31. The van der Waals surface area contributed by atoms with Crippen molar-refractivity contribution < 1.29 is 14.3 Å². The van der Waals surface area contributed by atoms with Gasteiger partial charge in [0.15, 0.2) is 0 Å². The molecule has 0 bridgehead atoms. The summed E-state index contributed by atoms with van der Waals surface area (Å²) in [4.78, 5) is 22.7. The predicted molar refractivity (Wildman–Crippen MR) is 90.4 cm³/mol. The van der Waals surface area contributed by atoms with Crippen molar-refractivity contribution in [3.63, 3.8) is 0 Å². The fourth-order valence-corrected chi connectivity index (χ4v) is 2.84. The van der Waals surface area contributed by atoms with Crippen molar-refractivity contribution in [1.82, 2.24) is 14.9 Å². The second-order valence-electron chi connectivity index (χ2n) is 7.49. The number of hydrogen-bond donors (Lipinski definition) is 1. The quantitative estimate of drug-likeness (QED) is 0.912. The first-order valence-corrected chi connectivity index (χ1v) is 8.51. The fraction of sp³-hybridized carbons (Fsp3) is 0.706. The highest BCUT2D eigenvalue weighted by Crippen LogP contribution is 2.43. The van der Waals surface area contributed by atoms with Crippen molar-refractivity contribution in [2.24, 2.45) is 0 Å². The van der Waals surface area contributed by atoms with E-state index in [-0.39, 0.29) is 12.1 Å². The fourth-order valence-electron chi connectivity index (χ4n) is 2.84. The highest BCUT2D eigenvalue weighted by molar-refractivity contribution is 5.68. The van der Waals surface area contributed by atoms with Crippen LogP contribution in [0.4, 0.5) is 10.7 Å². The van der Waals surface area contributed by atoms with Crippen LogP contribution in [0.5, 0.6) is 5.88 Å². The summed E-state index contributed by atoms with van der Waals surface area (Å²) in [5, 5.41) is 3.30. The molecular weight excluding hydrogens is 308 g/mol. The van der Waals surface area contributed by atoms with E-state index in [1.807, 2.05) is 27.0 Å². The first kappa shape index (κ1) is 16.8. The SMILES string of the molecule is COc1nc(NC2CCN(C(=O)OC(C)(C)C)C2)ncc1C1CC1. The summed E-state index contributed by atoms with van der Waals surface area (Å²) >= 11 is 0. The standard InChI is InChI=1S/C17H26N4O3/c1-17(2,3)24-16(22)21-8-7-12(10-21)19-15-18-9-13(11-5-6-11)14(20-15)23-4/h9,11-12H,5-8,10H2,1-4H3,(H,18,19,20). The van der Waals surface area contributed by atoms with E-state index in [1.54, 1.807) is 12.0 Å². The number of carbonyl (C=O) groups is 1. The smallest absolute Gasteiger partial charge is 0.410 e. The summed E-state index contributed by atoms with van der Waals surface area (Å²) in [6.45, 7) is 6.88. The molecule has 1 aromatic rings. The average Bonchev–Trinajstić information content (AvgIpc) is 3.24. The zero-order valence-electron chi connectivity index (χ0n) is 14.8. The molecular formula is C17H26N4O3. The van der Waals surface area contributed by atoms with E-state index in [0.29, 0.717) is 30.8 Å². The van der Waals surface area contributed by atoms with Gasteiger partial charge in [-0.3, -0.25) is 0 Å². The van der Waals surface area contributed by atoms with Crippen LogP contribution in [0.25, 0.3) is 0 Å². The van der Waals surface area contributed by atoms with Crippen LogP contribution in [-0.4, -0.2) is 52.8 Å². The Morgan fingerprint density at radius 3 is 2.71 bits per heavy atom. The Kier molecular flexibility index (Phi) is 4.51. The van der Waals surface area contributed by atoms with Crippen molar-refractivity contribution in [2.45, 2.75) is 57.6 Å². The minimum atomic E-state index is -0.474. The monoisotopic (exact) mass is 334 g/mol. The summed E-state index contributed by atoms with van der Waals surface area (Å²) in [5.41, 5.74) is 0.613. The van der Waals surface area contributed by atoms with Crippen LogP contribution >= 0.6 is 0 Å². The Morgan fingerprint density at radius 2 is 2.08 bits per heavy atom. The molecule has 1 atom stereocenters. The molecule has 7 heteroatoms. The Balaban J connectivity index is 1.58. The van der Waals surface area contributed by atoms with E-state index in [1.165, 1.54) is 12.8 Å². The van der Waals surface area contributed by atoms with Crippen LogP contribution in [-0.2, 0) is 4.74 Å². The van der Waals surface area contributed by atoms with Gasteiger partial charge in [0, 0.05) is 30.9 Å². The average molecular weight is 334 g/mol. The van der Waals surface area contributed by atoms with Gasteiger partial charge in [-0.15, -0.1) is 0 Å². The van der Waals surface area contributed by atoms with Gasteiger partial charge in [-0.2, -0.15) is 4.98 Å². The third-order valence-corrected chi connectivity index (χ3v) is 4.16. The third kappa shape index (κ3) is 4.07. The summed E-state index contributed by atoms with van der Waals surface area (Å²) in [6, 6.07) is 0.119. The summed E-state index contributed by atoms with van der Waals surface area (Å²) in [6.07, 6.45) is 4.79. The van der Waals surface area contributed by atoms with Crippen LogP contribution in [0.2, 0.25) is 0 Å².